The molecule has 1 heterocycles. The monoisotopic (exact) mass is 346 g/mol. The fourth-order valence-electron chi connectivity index (χ4n) is 2.57. The molecule has 1 aromatic carbocycles. The maximum absolute atomic E-state index is 12.8. The Balaban J connectivity index is 2.31. The Morgan fingerprint density at radius 1 is 1.25 bits per heavy atom. The number of rotatable bonds is 3. The van der Waals surface area contributed by atoms with Crippen LogP contribution in [0.3, 0.4) is 0 Å². The predicted octanol–water partition coefficient (Wildman–Crippen LogP) is 2.71. The summed E-state index contributed by atoms with van der Waals surface area (Å²) in [6.07, 6.45) is -4.38. The predicted molar refractivity (Wildman–Crippen MR) is 74.7 cm³/mol. The van der Waals surface area contributed by atoms with Gasteiger partial charge in [0.1, 0.15) is 0 Å². The topological polar surface area (TPSA) is 101 Å². The number of carboxylic acid groups (broad SMARTS) is 1. The third-order valence-corrected chi connectivity index (χ3v) is 3.79. The molecule has 1 saturated heterocycles. The van der Waals surface area contributed by atoms with Crippen molar-refractivity contribution in [2.45, 2.75) is 19.0 Å². The molecule has 1 aliphatic rings. The van der Waals surface area contributed by atoms with Gasteiger partial charge in [0.2, 0.25) is 0 Å². The van der Waals surface area contributed by atoms with Crippen LogP contribution in [0.1, 0.15) is 33.6 Å². The highest BCUT2D eigenvalue weighted by atomic mass is 19.4. The van der Waals surface area contributed by atoms with Crippen LogP contribution in [-0.4, -0.2) is 46.1 Å². The normalized spacial score (nSPS) is 18.3. The average Bonchev–Trinajstić information content (AvgIpc) is 2.53. The van der Waals surface area contributed by atoms with E-state index < -0.39 is 46.7 Å². The van der Waals surface area contributed by atoms with Gasteiger partial charge in [0.15, 0.2) is 0 Å². The molecule has 10 heteroatoms. The third kappa shape index (κ3) is 3.81. The number of aromatic carboxylic acids is 1. The van der Waals surface area contributed by atoms with Crippen molar-refractivity contribution in [1.29, 1.82) is 0 Å². The molecule has 0 spiro atoms. The number of alkyl halides is 3. The van der Waals surface area contributed by atoms with Gasteiger partial charge in [-0.3, -0.25) is 14.9 Å². The average molecular weight is 346 g/mol. The van der Waals surface area contributed by atoms with Gasteiger partial charge in [0.25, 0.3) is 11.6 Å². The lowest BCUT2D eigenvalue weighted by Crippen LogP contribution is -2.44. The van der Waals surface area contributed by atoms with Gasteiger partial charge in [0.05, 0.1) is 16.4 Å². The first-order chi connectivity index (χ1) is 11.1. The molecule has 24 heavy (non-hydrogen) atoms. The first kappa shape index (κ1) is 17.7. The summed E-state index contributed by atoms with van der Waals surface area (Å²) >= 11 is 0. The lowest BCUT2D eigenvalue weighted by atomic mass is 9.96. The minimum atomic E-state index is -4.44. The number of piperidine rings is 1. The first-order valence-electron chi connectivity index (χ1n) is 6.98. The molecular weight excluding hydrogens is 333 g/mol. The second-order valence-electron chi connectivity index (χ2n) is 5.46. The quantitative estimate of drug-likeness (QED) is 0.670. The van der Waals surface area contributed by atoms with E-state index in [1.807, 2.05) is 0 Å². The van der Waals surface area contributed by atoms with E-state index in [1.54, 1.807) is 0 Å². The van der Waals surface area contributed by atoms with Crippen molar-refractivity contribution in [3.05, 3.63) is 39.4 Å². The molecule has 1 amide bonds. The minimum absolute atomic E-state index is 0.0799. The fraction of sp³-hybridized carbons (Fsp3) is 0.429. The summed E-state index contributed by atoms with van der Waals surface area (Å²) in [4.78, 5) is 34.3. The summed E-state index contributed by atoms with van der Waals surface area (Å²) < 4.78 is 38.4. The maximum atomic E-state index is 12.8. The molecule has 0 radical (unpaired) electrons. The van der Waals surface area contributed by atoms with Crippen LogP contribution in [0.2, 0.25) is 0 Å². The van der Waals surface area contributed by atoms with E-state index >= 15 is 0 Å². The molecule has 7 nitrogen and oxygen atoms in total. The van der Waals surface area contributed by atoms with Crippen molar-refractivity contribution in [3.63, 3.8) is 0 Å². The number of hydrogen-bond donors (Lipinski definition) is 1. The zero-order valence-electron chi connectivity index (χ0n) is 12.2. The van der Waals surface area contributed by atoms with E-state index in [-0.39, 0.29) is 24.9 Å². The number of likely N-dealkylation sites (tertiary alicyclic amines) is 1. The van der Waals surface area contributed by atoms with Crippen molar-refractivity contribution in [1.82, 2.24) is 4.90 Å². The number of carbonyl (C=O) groups excluding carboxylic acids is 1. The van der Waals surface area contributed by atoms with Crippen LogP contribution >= 0.6 is 0 Å². The van der Waals surface area contributed by atoms with E-state index in [4.69, 9.17) is 5.11 Å². The van der Waals surface area contributed by atoms with Crippen molar-refractivity contribution in [3.8, 4) is 0 Å². The van der Waals surface area contributed by atoms with Crippen LogP contribution in [-0.2, 0) is 0 Å². The van der Waals surface area contributed by atoms with Gasteiger partial charge < -0.3 is 10.0 Å². The second-order valence-corrected chi connectivity index (χ2v) is 5.46. The summed E-state index contributed by atoms with van der Waals surface area (Å²) in [5.41, 5.74) is -1.40. The summed E-state index contributed by atoms with van der Waals surface area (Å²) in [7, 11) is 0. The highest BCUT2D eigenvalue weighted by molar-refractivity contribution is 5.98. The smallest absolute Gasteiger partial charge is 0.393 e. The number of hydrogen-bond acceptors (Lipinski definition) is 4. The van der Waals surface area contributed by atoms with Gasteiger partial charge in [-0.2, -0.15) is 13.2 Å². The molecule has 0 saturated carbocycles. The summed E-state index contributed by atoms with van der Waals surface area (Å²) in [6, 6.07) is 2.58. The number of non-ortho nitro benzene ring substituents is 1. The van der Waals surface area contributed by atoms with Gasteiger partial charge in [0, 0.05) is 30.8 Å². The molecule has 2 rings (SSSR count). The van der Waals surface area contributed by atoms with E-state index in [0.717, 1.165) is 23.1 Å². The van der Waals surface area contributed by atoms with Crippen molar-refractivity contribution in [2.75, 3.05) is 13.1 Å². The lowest BCUT2D eigenvalue weighted by Gasteiger charge is -2.33. The highest BCUT2D eigenvalue weighted by Gasteiger charge is 2.42. The molecule has 0 aliphatic carbocycles. The Bertz CT molecular complexity index is 657. The Hall–Kier alpha value is -2.65. The number of nitro groups is 1. The van der Waals surface area contributed by atoms with Crippen LogP contribution in [0.25, 0.3) is 0 Å². The van der Waals surface area contributed by atoms with Gasteiger partial charge in [-0.1, -0.05) is 0 Å². The highest BCUT2D eigenvalue weighted by Crippen LogP contribution is 2.33. The Morgan fingerprint density at radius 2 is 1.88 bits per heavy atom. The molecule has 1 fully saturated rings. The standard InChI is InChI=1S/C14H13F3N2O5/c15-14(16,17)10-2-1-3-18(7-10)12(20)8-4-9(13(21)22)6-11(5-8)19(23)24/h4-6,10H,1-3,7H2,(H,21,22). The van der Waals surface area contributed by atoms with Crippen LogP contribution in [0, 0.1) is 16.0 Å². The summed E-state index contributed by atoms with van der Waals surface area (Å²) in [5.74, 6) is -3.98. The molecule has 1 aromatic rings. The number of benzene rings is 1. The van der Waals surface area contributed by atoms with E-state index in [2.05, 4.69) is 0 Å². The van der Waals surface area contributed by atoms with Crippen molar-refractivity contribution >= 4 is 17.6 Å². The van der Waals surface area contributed by atoms with Gasteiger partial charge >= 0.3 is 12.1 Å². The molecule has 1 unspecified atom stereocenters. The Kier molecular flexibility index (Phi) is 4.76. The van der Waals surface area contributed by atoms with Crippen LogP contribution in [0.5, 0.6) is 0 Å². The second kappa shape index (κ2) is 6.46. The fourth-order valence-corrected chi connectivity index (χ4v) is 2.57. The van der Waals surface area contributed by atoms with Gasteiger partial charge in [-0.25, -0.2) is 4.79 Å². The number of carboxylic acids is 1. The van der Waals surface area contributed by atoms with Gasteiger partial charge in [-0.05, 0) is 18.9 Å². The van der Waals surface area contributed by atoms with Crippen LogP contribution in [0.4, 0.5) is 18.9 Å². The SMILES string of the molecule is O=C(O)c1cc(C(=O)N2CCCC(C(F)(F)F)C2)cc([N+](=O)[O-])c1. The number of amides is 1. The zero-order chi connectivity index (χ0) is 18.1. The molecule has 1 aliphatic heterocycles. The number of halogens is 3. The minimum Gasteiger partial charge on any atom is -0.478 e. The molecule has 0 bridgehead atoms. The molecular formula is C14H13F3N2O5. The van der Waals surface area contributed by atoms with E-state index in [1.165, 1.54) is 0 Å². The first-order valence-corrected chi connectivity index (χ1v) is 6.98. The van der Waals surface area contributed by atoms with Crippen molar-refractivity contribution < 1.29 is 32.8 Å². The maximum Gasteiger partial charge on any atom is 0.393 e. The molecule has 130 valence electrons. The Labute approximate surface area is 133 Å². The number of nitro benzene ring substituents is 1. The summed E-state index contributed by atoms with van der Waals surface area (Å²) in [6.45, 7) is -0.468. The molecule has 0 aromatic heterocycles. The van der Waals surface area contributed by atoms with Gasteiger partial charge in [-0.15, -0.1) is 0 Å². The number of nitrogens with zero attached hydrogens (tertiary/aromatic N) is 2. The largest absolute Gasteiger partial charge is 0.478 e. The van der Waals surface area contributed by atoms with E-state index in [0.29, 0.717) is 0 Å². The molecule has 1 N–H and O–H groups in total. The van der Waals surface area contributed by atoms with E-state index in [9.17, 15) is 32.9 Å². The van der Waals surface area contributed by atoms with Crippen LogP contribution in [0.15, 0.2) is 18.2 Å². The number of carbonyl (C=O) groups is 2. The lowest BCUT2D eigenvalue weighted by molar-refractivity contribution is -0.384. The Morgan fingerprint density at radius 3 is 2.42 bits per heavy atom. The van der Waals surface area contributed by atoms with Crippen molar-refractivity contribution in [2.24, 2.45) is 5.92 Å². The summed E-state index contributed by atoms with van der Waals surface area (Å²) in [5, 5.41) is 19.8. The zero-order valence-corrected chi connectivity index (χ0v) is 12.2. The van der Waals surface area contributed by atoms with Crippen LogP contribution < -0.4 is 0 Å². The molecule has 1 atom stereocenters. The third-order valence-electron chi connectivity index (χ3n) is 3.79.